The number of nitriles is 1. The van der Waals surface area contributed by atoms with Crippen LogP contribution in [0.25, 0.3) is 10.8 Å². The first-order valence-corrected chi connectivity index (χ1v) is 3.69. The van der Waals surface area contributed by atoms with Gasteiger partial charge in [-0.25, -0.2) is 5.10 Å². The van der Waals surface area contributed by atoms with Crippen LogP contribution in [0, 0.1) is 11.3 Å². The molecule has 1 aromatic carbocycles. The average Bonchev–Trinajstić information content (AvgIpc) is 2.18. The zero-order valence-electron chi connectivity index (χ0n) is 6.61. The van der Waals surface area contributed by atoms with E-state index in [9.17, 15) is 4.79 Å². The predicted octanol–water partition coefficient (Wildman–Crippen LogP) is 0.795. The summed E-state index contributed by atoms with van der Waals surface area (Å²) in [5.41, 5.74) is 0.293. The van der Waals surface area contributed by atoms with Crippen LogP contribution < -0.4 is 5.56 Å². The minimum Gasteiger partial charge on any atom is -0.267 e. The van der Waals surface area contributed by atoms with E-state index < -0.39 is 0 Å². The Morgan fingerprint density at radius 1 is 1.46 bits per heavy atom. The van der Waals surface area contributed by atoms with E-state index in [1.165, 1.54) is 6.20 Å². The molecule has 4 nitrogen and oxygen atoms in total. The fraction of sp³-hybridized carbons (Fsp3) is 0. The maximum atomic E-state index is 11.2. The second-order valence-corrected chi connectivity index (χ2v) is 2.61. The van der Waals surface area contributed by atoms with Gasteiger partial charge >= 0.3 is 0 Å². The second kappa shape index (κ2) is 2.72. The molecule has 2 aromatic rings. The average molecular weight is 171 g/mol. The molecular formula is C9H5N3O. The maximum absolute atomic E-state index is 11.2. The van der Waals surface area contributed by atoms with Gasteiger partial charge in [-0.15, -0.1) is 0 Å². The predicted molar refractivity (Wildman–Crippen MR) is 47.1 cm³/mol. The van der Waals surface area contributed by atoms with Gasteiger partial charge in [0.15, 0.2) is 0 Å². The molecule has 4 heteroatoms. The van der Waals surface area contributed by atoms with Crippen LogP contribution in [0.5, 0.6) is 0 Å². The van der Waals surface area contributed by atoms with Gasteiger partial charge in [0.1, 0.15) is 0 Å². The van der Waals surface area contributed by atoms with Crippen LogP contribution in [0.15, 0.2) is 29.2 Å². The fourth-order valence-electron chi connectivity index (χ4n) is 1.17. The summed E-state index contributed by atoms with van der Waals surface area (Å²) < 4.78 is 0. The molecular weight excluding hydrogens is 166 g/mol. The van der Waals surface area contributed by atoms with Gasteiger partial charge in [0, 0.05) is 5.39 Å². The van der Waals surface area contributed by atoms with Gasteiger partial charge < -0.3 is 0 Å². The zero-order valence-corrected chi connectivity index (χ0v) is 6.61. The van der Waals surface area contributed by atoms with Crippen molar-refractivity contribution in [1.29, 1.82) is 5.26 Å². The molecule has 0 radical (unpaired) electrons. The van der Waals surface area contributed by atoms with Gasteiger partial charge in [-0.05, 0) is 18.2 Å². The van der Waals surface area contributed by atoms with E-state index in [0.717, 1.165) is 0 Å². The van der Waals surface area contributed by atoms with Gasteiger partial charge in [-0.1, -0.05) is 0 Å². The molecule has 1 aromatic heterocycles. The molecule has 0 spiro atoms. The number of H-pyrrole nitrogens is 1. The number of nitrogens with one attached hydrogen (secondary N) is 1. The number of nitrogens with zero attached hydrogens (tertiary/aromatic N) is 2. The van der Waals surface area contributed by atoms with Crippen molar-refractivity contribution in [1.82, 2.24) is 10.2 Å². The van der Waals surface area contributed by atoms with Crippen molar-refractivity contribution in [2.45, 2.75) is 0 Å². The molecule has 0 atom stereocenters. The minimum atomic E-state index is -0.234. The topological polar surface area (TPSA) is 69.5 Å². The minimum absolute atomic E-state index is 0.234. The molecule has 0 fully saturated rings. The molecule has 0 bridgehead atoms. The van der Waals surface area contributed by atoms with Gasteiger partial charge in [-0.3, -0.25) is 4.79 Å². The molecule has 13 heavy (non-hydrogen) atoms. The van der Waals surface area contributed by atoms with Crippen molar-refractivity contribution in [3.63, 3.8) is 0 Å². The summed E-state index contributed by atoms with van der Waals surface area (Å²) >= 11 is 0. The van der Waals surface area contributed by atoms with Gasteiger partial charge in [0.05, 0.1) is 23.2 Å². The fourth-order valence-corrected chi connectivity index (χ4v) is 1.17. The van der Waals surface area contributed by atoms with Crippen molar-refractivity contribution in [2.75, 3.05) is 0 Å². The number of rotatable bonds is 0. The normalized spacial score (nSPS) is 9.77. The summed E-state index contributed by atoms with van der Waals surface area (Å²) in [4.78, 5) is 11.2. The number of benzene rings is 1. The number of fused-ring (bicyclic) bond motifs is 1. The van der Waals surface area contributed by atoms with E-state index in [-0.39, 0.29) is 5.56 Å². The maximum Gasteiger partial charge on any atom is 0.272 e. The smallest absolute Gasteiger partial charge is 0.267 e. The van der Waals surface area contributed by atoms with Crippen molar-refractivity contribution in [2.24, 2.45) is 0 Å². The Hall–Kier alpha value is -2.15. The highest BCUT2D eigenvalue weighted by Gasteiger charge is 1.98. The molecule has 1 heterocycles. The van der Waals surface area contributed by atoms with Gasteiger partial charge in [-0.2, -0.15) is 10.4 Å². The summed E-state index contributed by atoms with van der Waals surface area (Å²) in [6, 6.07) is 6.86. The molecule has 0 saturated carbocycles. The SMILES string of the molecule is N#Cc1ccc2c(=O)[nH]ncc2c1. The van der Waals surface area contributed by atoms with Crippen LogP contribution in [-0.4, -0.2) is 10.2 Å². The Bertz CT molecular complexity index is 551. The summed E-state index contributed by atoms with van der Waals surface area (Å²) in [5.74, 6) is 0. The highest BCUT2D eigenvalue weighted by atomic mass is 16.1. The standard InChI is InChI=1S/C9H5N3O/c10-4-6-1-2-8-7(3-6)5-11-12-9(8)13/h1-3,5H,(H,12,13). The lowest BCUT2D eigenvalue weighted by Crippen LogP contribution is -2.06. The van der Waals surface area contributed by atoms with Gasteiger partial charge in [0.25, 0.3) is 5.56 Å². The van der Waals surface area contributed by atoms with Crippen LogP contribution >= 0.6 is 0 Å². The molecule has 62 valence electrons. The molecule has 0 unspecified atom stereocenters. The number of hydrogen-bond donors (Lipinski definition) is 1. The number of aromatic nitrogens is 2. The first-order chi connectivity index (χ1) is 6.31. The van der Waals surface area contributed by atoms with E-state index in [2.05, 4.69) is 10.2 Å². The van der Waals surface area contributed by atoms with E-state index in [0.29, 0.717) is 16.3 Å². The van der Waals surface area contributed by atoms with Crippen molar-refractivity contribution < 1.29 is 0 Å². The Morgan fingerprint density at radius 2 is 2.31 bits per heavy atom. The third-order valence-electron chi connectivity index (χ3n) is 1.80. The second-order valence-electron chi connectivity index (χ2n) is 2.61. The van der Waals surface area contributed by atoms with Crippen molar-refractivity contribution >= 4 is 10.8 Å². The van der Waals surface area contributed by atoms with Crippen LogP contribution in [0.3, 0.4) is 0 Å². The van der Waals surface area contributed by atoms with Crippen LogP contribution in [0.4, 0.5) is 0 Å². The lowest BCUT2D eigenvalue weighted by Gasteiger charge is -1.94. The Balaban J connectivity index is 2.90. The first-order valence-electron chi connectivity index (χ1n) is 3.69. The third kappa shape index (κ3) is 1.16. The molecule has 2 rings (SSSR count). The molecule has 0 aliphatic rings. The molecule has 0 saturated heterocycles. The lowest BCUT2D eigenvalue weighted by atomic mass is 10.1. The molecule has 0 aliphatic heterocycles. The van der Waals surface area contributed by atoms with Crippen LogP contribution in [0.1, 0.15) is 5.56 Å². The summed E-state index contributed by atoms with van der Waals surface area (Å²) in [7, 11) is 0. The Morgan fingerprint density at radius 3 is 3.08 bits per heavy atom. The highest BCUT2D eigenvalue weighted by molar-refractivity contribution is 5.81. The summed E-state index contributed by atoms with van der Waals surface area (Å²) in [5, 5.41) is 15.8. The van der Waals surface area contributed by atoms with E-state index in [4.69, 9.17) is 5.26 Å². The summed E-state index contributed by atoms with van der Waals surface area (Å²) in [6.07, 6.45) is 1.53. The zero-order chi connectivity index (χ0) is 9.26. The third-order valence-corrected chi connectivity index (χ3v) is 1.80. The Kier molecular flexibility index (Phi) is 1.57. The monoisotopic (exact) mass is 171 g/mol. The van der Waals surface area contributed by atoms with Crippen molar-refractivity contribution in [3.05, 3.63) is 40.3 Å². The van der Waals surface area contributed by atoms with Crippen molar-refractivity contribution in [3.8, 4) is 6.07 Å². The number of hydrogen-bond acceptors (Lipinski definition) is 3. The quantitative estimate of drug-likeness (QED) is 0.637. The van der Waals surface area contributed by atoms with E-state index in [1.54, 1.807) is 18.2 Å². The van der Waals surface area contributed by atoms with Gasteiger partial charge in [0.2, 0.25) is 0 Å². The highest BCUT2D eigenvalue weighted by Crippen LogP contribution is 2.09. The largest absolute Gasteiger partial charge is 0.272 e. The van der Waals surface area contributed by atoms with Crippen LogP contribution in [0.2, 0.25) is 0 Å². The van der Waals surface area contributed by atoms with E-state index >= 15 is 0 Å². The number of aromatic amines is 1. The summed E-state index contributed by atoms with van der Waals surface area (Å²) in [6.45, 7) is 0. The molecule has 1 N–H and O–H groups in total. The molecule has 0 aliphatic carbocycles. The molecule has 0 amide bonds. The van der Waals surface area contributed by atoms with Crippen LogP contribution in [-0.2, 0) is 0 Å². The first kappa shape index (κ1) is 7.50. The lowest BCUT2D eigenvalue weighted by molar-refractivity contribution is 1.01. The van der Waals surface area contributed by atoms with E-state index in [1.807, 2.05) is 6.07 Å². The Labute approximate surface area is 73.4 Å².